The zero-order valence-corrected chi connectivity index (χ0v) is 8.99. The fourth-order valence-electron chi connectivity index (χ4n) is 1.41. The molecular formula is C9H21N3O. The number of hydrogen-bond acceptors (Lipinski definition) is 3. The van der Waals surface area contributed by atoms with Gasteiger partial charge in [0.15, 0.2) is 5.84 Å². The monoisotopic (exact) mass is 187 g/mol. The van der Waals surface area contributed by atoms with Gasteiger partial charge in [-0.15, -0.1) is 0 Å². The Bertz CT molecular complexity index is 168. The Morgan fingerprint density at radius 1 is 1.46 bits per heavy atom. The molecule has 0 aromatic heterocycles. The summed E-state index contributed by atoms with van der Waals surface area (Å²) in [6.07, 6.45) is 1.07. The third-order valence-corrected chi connectivity index (χ3v) is 2.19. The van der Waals surface area contributed by atoms with Gasteiger partial charge in [-0.2, -0.15) is 0 Å². The number of nitrogens with zero attached hydrogens (tertiary/aromatic N) is 2. The number of rotatable bonds is 5. The van der Waals surface area contributed by atoms with Crippen molar-refractivity contribution in [2.75, 3.05) is 6.54 Å². The Morgan fingerprint density at radius 3 is 2.31 bits per heavy atom. The van der Waals surface area contributed by atoms with E-state index in [4.69, 9.17) is 10.9 Å². The standard InChI is InChI=1S/C9H21N3O/c1-5-6-12(7(2)3)8(4)9(10)11-13/h7-8,13H,5-6H2,1-4H3,(H2,10,11). The van der Waals surface area contributed by atoms with Crippen LogP contribution in [0.15, 0.2) is 5.16 Å². The first-order chi connectivity index (χ1) is 6.04. The molecule has 0 fully saturated rings. The molecule has 0 aliphatic carbocycles. The summed E-state index contributed by atoms with van der Waals surface area (Å²) in [5.41, 5.74) is 5.54. The van der Waals surface area contributed by atoms with Crippen LogP contribution < -0.4 is 5.73 Å². The van der Waals surface area contributed by atoms with Gasteiger partial charge in [0.25, 0.3) is 0 Å². The quantitative estimate of drug-likeness (QED) is 0.294. The van der Waals surface area contributed by atoms with Crippen LogP contribution in [0, 0.1) is 0 Å². The number of nitrogens with two attached hydrogens (primary N) is 1. The van der Waals surface area contributed by atoms with Crippen LogP contribution in [0.5, 0.6) is 0 Å². The van der Waals surface area contributed by atoms with Gasteiger partial charge in [0, 0.05) is 6.04 Å². The first-order valence-corrected chi connectivity index (χ1v) is 4.77. The van der Waals surface area contributed by atoms with E-state index in [0.717, 1.165) is 13.0 Å². The maximum atomic E-state index is 8.54. The largest absolute Gasteiger partial charge is 0.409 e. The number of hydrogen-bond donors (Lipinski definition) is 2. The molecule has 0 aliphatic heterocycles. The lowest BCUT2D eigenvalue weighted by Gasteiger charge is -2.31. The van der Waals surface area contributed by atoms with E-state index < -0.39 is 0 Å². The average molecular weight is 187 g/mol. The SMILES string of the molecule is CCCN(C(C)C)C(C)C(N)=NO. The van der Waals surface area contributed by atoms with Crippen LogP contribution in [0.1, 0.15) is 34.1 Å². The summed E-state index contributed by atoms with van der Waals surface area (Å²) in [5, 5.41) is 11.6. The van der Waals surface area contributed by atoms with Crippen molar-refractivity contribution in [3.63, 3.8) is 0 Å². The summed E-state index contributed by atoms with van der Waals surface area (Å²) in [6.45, 7) is 9.25. The van der Waals surface area contributed by atoms with Gasteiger partial charge >= 0.3 is 0 Å². The number of amidine groups is 1. The predicted molar refractivity (Wildman–Crippen MR) is 55.0 cm³/mol. The molecule has 0 radical (unpaired) electrons. The summed E-state index contributed by atoms with van der Waals surface area (Å²) in [4.78, 5) is 2.20. The topological polar surface area (TPSA) is 61.8 Å². The molecule has 0 spiro atoms. The van der Waals surface area contributed by atoms with Gasteiger partial charge in [-0.05, 0) is 33.7 Å². The van der Waals surface area contributed by atoms with E-state index in [1.54, 1.807) is 0 Å². The third-order valence-electron chi connectivity index (χ3n) is 2.19. The predicted octanol–water partition coefficient (Wildman–Crippen LogP) is 1.24. The molecular weight excluding hydrogens is 166 g/mol. The highest BCUT2D eigenvalue weighted by Gasteiger charge is 2.19. The van der Waals surface area contributed by atoms with Crippen molar-refractivity contribution in [1.29, 1.82) is 0 Å². The second-order valence-corrected chi connectivity index (χ2v) is 3.53. The van der Waals surface area contributed by atoms with E-state index in [-0.39, 0.29) is 11.9 Å². The molecule has 3 N–H and O–H groups in total. The molecule has 0 rings (SSSR count). The van der Waals surface area contributed by atoms with Crippen molar-refractivity contribution >= 4 is 5.84 Å². The van der Waals surface area contributed by atoms with E-state index in [1.165, 1.54) is 0 Å². The Morgan fingerprint density at radius 2 is 2.00 bits per heavy atom. The molecule has 4 heteroatoms. The lowest BCUT2D eigenvalue weighted by atomic mass is 10.2. The zero-order valence-electron chi connectivity index (χ0n) is 8.99. The smallest absolute Gasteiger partial charge is 0.156 e. The fraction of sp³-hybridized carbons (Fsp3) is 0.889. The minimum absolute atomic E-state index is 0.00458. The van der Waals surface area contributed by atoms with Gasteiger partial charge in [-0.25, -0.2) is 0 Å². The maximum absolute atomic E-state index is 8.54. The summed E-state index contributed by atoms with van der Waals surface area (Å²) >= 11 is 0. The molecule has 0 aliphatic rings. The Kier molecular flexibility index (Phi) is 5.46. The molecule has 0 aromatic rings. The van der Waals surface area contributed by atoms with Gasteiger partial charge in [0.1, 0.15) is 0 Å². The molecule has 1 unspecified atom stereocenters. The molecule has 0 aromatic carbocycles. The van der Waals surface area contributed by atoms with Gasteiger partial charge in [-0.3, -0.25) is 4.90 Å². The highest BCUT2D eigenvalue weighted by molar-refractivity contribution is 5.84. The highest BCUT2D eigenvalue weighted by atomic mass is 16.4. The van der Waals surface area contributed by atoms with Crippen LogP contribution in [0.25, 0.3) is 0 Å². The van der Waals surface area contributed by atoms with Crippen molar-refractivity contribution in [1.82, 2.24) is 4.90 Å². The van der Waals surface area contributed by atoms with Gasteiger partial charge in [0.05, 0.1) is 6.04 Å². The van der Waals surface area contributed by atoms with Gasteiger partial charge in [-0.1, -0.05) is 12.1 Å². The van der Waals surface area contributed by atoms with Crippen molar-refractivity contribution < 1.29 is 5.21 Å². The van der Waals surface area contributed by atoms with Crippen molar-refractivity contribution in [3.05, 3.63) is 0 Å². The van der Waals surface area contributed by atoms with E-state index in [0.29, 0.717) is 6.04 Å². The molecule has 0 heterocycles. The van der Waals surface area contributed by atoms with Crippen LogP contribution in [0.2, 0.25) is 0 Å². The van der Waals surface area contributed by atoms with Crippen LogP contribution in [-0.4, -0.2) is 34.6 Å². The van der Waals surface area contributed by atoms with Crippen LogP contribution in [0.4, 0.5) is 0 Å². The third kappa shape index (κ3) is 3.63. The minimum atomic E-state index is 0.00458. The molecule has 13 heavy (non-hydrogen) atoms. The highest BCUT2D eigenvalue weighted by Crippen LogP contribution is 2.06. The Labute approximate surface area is 80.4 Å². The average Bonchev–Trinajstić information content (AvgIpc) is 2.11. The zero-order chi connectivity index (χ0) is 10.4. The first kappa shape index (κ1) is 12.2. The van der Waals surface area contributed by atoms with Crippen molar-refractivity contribution in [2.24, 2.45) is 10.9 Å². The lowest BCUT2D eigenvalue weighted by Crippen LogP contribution is -2.46. The molecule has 0 amide bonds. The maximum Gasteiger partial charge on any atom is 0.156 e. The van der Waals surface area contributed by atoms with Crippen LogP contribution >= 0.6 is 0 Å². The molecule has 78 valence electrons. The molecule has 0 bridgehead atoms. The Hall–Kier alpha value is -0.770. The summed E-state index contributed by atoms with van der Waals surface area (Å²) < 4.78 is 0. The second kappa shape index (κ2) is 5.80. The minimum Gasteiger partial charge on any atom is -0.409 e. The summed E-state index contributed by atoms with van der Waals surface area (Å²) in [6, 6.07) is 0.417. The van der Waals surface area contributed by atoms with Crippen LogP contribution in [-0.2, 0) is 0 Å². The molecule has 4 nitrogen and oxygen atoms in total. The fourth-order valence-corrected chi connectivity index (χ4v) is 1.41. The van der Waals surface area contributed by atoms with Gasteiger partial charge in [0.2, 0.25) is 0 Å². The molecule has 0 saturated heterocycles. The normalized spacial score (nSPS) is 15.4. The lowest BCUT2D eigenvalue weighted by molar-refractivity contribution is 0.197. The van der Waals surface area contributed by atoms with E-state index in [1.807, 2.05) is 6.92 Å². The summed E-state index contributed by atoms with van der Waals surface area (Å²) in [5.74, 6) is 0.280. The van der Waals surface area contributed by atoms with E-state index >= 15 is 0 Å². The first-order valence-electron chi connectivity index (χ1n) is 4.77. The second-order valence-electron chi connectivity index (χ2n) is 3.53. The van der Waals surface area contributed by atoms with Crippen molar-refractivity contribution in [2.45, 2.75) is 46.2 Å². The van der Waals surface area contributed by atoms with Crippen LogP contribution in [0.3, 0.4) is 0 Å². The van der Waals surface area contributed by atoms with Crippen molar-refractivity contribution in [3.8, 4) is 0 Å². The Balaban J connectivity index is 4.36. The van der Waals surface area contributed by atoms with E-state index in [9.17, 15) is 0 Å². The molecule has 0 saturated carbocycles. The van der Waals surface area contributed by atoms with E-state index in [2.05, 4.69) is 30.8 Å². The number of oxime groups is 1. The molecule has 1 atom stereocenters. The van der Waals surface area contributed by atoms with Gasteiger partial charge < -0.3 is 10.9 Å². The summed E-state index contributed by atoms with van der Waals surface area (Å²) in [7, 11) is 0.